The van der Waals surface area contributed by atoms with Crippen LogP contribution in [-0.2, 0) is 39.0 Å². The number of amides is 2. The van der Waals surface area contributed by atoms with Gasteiger partial charge >= 0.3 is 0 Å². The molecule has 0 aliphatic rings. The highest BCUT2D eigenvalue weighted by molar-refractivity contribution is 9.10. The van der Waals surface area contributed by atoms with Crippen LogP contribution in [0.4, 0.5) is 5.69 Å². The molecule has 4 rings (SSSR count). The number of halogens is 1. The summed E-state index contributed by atoms with van der Waals surface area (Å²) in [6.07, 6.45) is 0.843. The molecule has 2 amide bonds. The van der Waals surface area contributed by atoms with E-state index in [1.54, 1.807) is 30.3 Å². The SMILES string of the molecule is CCNC(=O)[C@H](Cc1ccccc1)N(Cc1ccc(Br)cc1)C(=O)CN(c1ccccc1CC)S(=O)(=O)c1ccccc1. The van der Waals surface area contributed by atoms with Crippen LogP contribution in [-0.4, -0.2) is 44.3 Å². The first-order chi connectivity index (χ1) is 20.7. The van der Waals surface area contributed by atoms with E-state index in [-0.39, 0.29) is 23.8 Å². The molecule has 0 aliphatic carbocycles. The topological polar surface area (TPSA) is 86.8 Å². The number of likely N-dealkylation sites (N-methyl/N-ethyl adjacent to an activating group) is 1. The minimum atomic E-state index is -4.13. The molecule has 0 fully saturated rings. The summed E-state index contributed by atoms with van der Waals surface area (Å²) in [5.41, 5.74) is 2.92. The molecule has 7 nitrogen and oxygen atoms in total. The predicted molar refractivity (Wildman–Crippen MR) is 174 cm³/mol. The molecule has 224 valence electrons. The molecule has 9 heteroatoms. The molecule has 0 aromatic heterocycles. The van der Waals surface area contributed by atoms with E-state index in [1.807, 2.05) is 80.6 Å². The lowest BCUT2D eigenvalue weighted by Crippen LogP contribution is -2.53. The van der Waals surface area contributed by atoms with Crippen molar-refractivity contribution in [2.75, 3.05) is 17.4 Å². The largest absolute Gasteiger partial charge is 0.355 e. The number of aryl methyl sites for hydroxylation is 1. The maximum Gasteiger partial charge on any atom is 0.264 e. The lowest BCUT2D eigenvalue weighted by molar-refractivity contribution is -0.140. The molecule has 0 unspecified atom stereocenters. The fourth-order valence-corrected chi connectivity index (χ4v) is 6.66. The van der Waals surface area contributed by atoms with E-state index in [1.165, 1.54) is 21.3 Å². The van der Waals surface area contributed by atoms with Crippen molar-refractivity contribution in [2.45, 2.75) is 44.2 Å². The van der Waals surface area contributed by atoms with Gasteiger partial charge in [0.15, 0.2) is 0 Å². The lowest BCUT2D eigenvalue weighted by Gasteiger charge is -2.34. The van der Waals surface area contributed by atoms with E-state index in [9.17, 15) is 18.0 Å². The average molecular weight is 663 g/mol. The van der Waals surface area contributed by atoms with Crippen LogP contribution in [0.15, 0.2) is 119 Å². The van der Waals surface area contributed by atoms with Crippen molar-refractivity contribution in [3.63, 3.8) is 0 Å². The molecule has 0 saturated carbocycles. The molecule has 0 bridgehead atoms. The first-order valence-electron chi connectivity index (χ1n) is 14.3. The van der Waals surface area contributed by atoms with Crippen LogP contribution >= 0.6 is 15.9 Å². The van der Waals surface area contributed by atoms with E-state index in [0.717, 1.165) is 21.2 Å². The summed E-state index contributed by atoms with van der Waals surface area (Å²) < 4.78 is 30.3. The Morgan fingerprint density at radius 1 is 0.791 bits per heavy atom. The van der Waals surface area contributed by atoms with Crippen molar-refractivity contribution in [2.24, 2.45) is 0 Å². The van der Waals surface area contributed by atoms with Crippen LogP contribution in [0, 0.1) is 0 Å². The number of nitrogens with one attached hydrogen (secondary N) is 1. The van der Waals surface area contributed by atoms with Crippen LogP contribution in [0.3, 0.4) is 0 Å². The molecule has 0 saturated heterocycles. The third-order valence-electron chi connectivity index (χ3n) is 7.14. The quantitative estimate of drug-likeness (QED) is 0.191. The second-order valence-electron chi connectivity index (χ2n) is 10.1. The average Bonchev–Trinajstić information content (AvgIpc) is 3.03. The lowest BCUT2D eigenvalue weighted by atomic mass is 10.0. The maximum atomic E-state index is 14.4. The Kier molecular flexibility index (Phi) is 11.1. The summed E-state index contributed by atoms with van der Waals surface area (Å²) >= 11 is 3.46. The number of para-hydroxylation sites is 1. The Labute approximate surface area is 262 Å². The number of nitrogens with zero attached hydrogens (tertiary/aromatic N) is 2. The van der Waals surface area contributed by atoms with Crippen LogP contribution in [0.25, 0.3) is 0 Å². The minimum absolute atomic E-state index is 0.0812. The summed E-state index contributed by atoms with van der Waals surface area (Å²) in [6.45, 7) is 3.81. The molecule has 43 heavy (non-hydrogen) atoms. The highest BCUT2D eigenvalue weighted by atomic mass is 79.9. The zero-order valence-corrected chi connectivity index (χ0v) is 26.7. The molecule has 1 N–H and O–H groups in total. The minimum Gasteiger partial charge on any atom is -0.355 e. The summed E-state index contributed by atoms with van der Waals surface area (Å²) in [5, 5.41) is 2.88. The van der Waals surface area contributed by atoms with Crippen LogP contribution in [0.1, 0.15) is 30.5 Å². The standard InChI is InChI=1S/C34H36BrN3O4S/c1-3-28-15-11-12-18-31(28)38(43(41,42)30-16-9-6-10-17-30)25-33(39)37(24-27-19-21-29(35)22-20-27)32(34(40)36-4-2)23-26-13-7-5-8-14-26/h5-22,32H,3-4,23-25H2,1-2H3,(H,36,40)/t32-/m0/s1. The summed E-state index contributed by atoms with van der Waals surface area (Å²) in [7, 11) is -4.13. The molecule has 4 aromatic rings. The van der Waals surface area contributed by atoms with Gasteiger partial charge in [0, 0.05) is 24.0 Å². The van der Waals surface area contributed by atoms with Gasteiger partial charge in [-0.2, -0.15) is 0 Å². The first-order valence-corrected chi connectivity index (χ1v) is 16.5. The molecule has 1 atom stereocenters. The number of anilines is 1. The molecule has 0 radical (unpaired) electrons. The zero-order chi connectivity index (χ0) is 30.8. The number of benzene rings is 4. The molecule has 0 aliphatic heterocycles. The predicted octanol–water partition coefficient (Wildman–Crippen LogP) is 5.98. The van der Waals surface area contributed by atoms with Gasteiger partial charge in [0.1, 0.15) is 12.6 Å². The normalized spacial score (nSPS) is 11.9. The van der Waals surface area contributed by atoms with E-state index >= 15 is 0 Å². The van der Waals surface area contributed by atoms with Crippen LogP contribution in [0.2, 0.25) is 0 Å². The van der Waals surface area contributed by atoms with Gasteiger partial charge < -0.3 is 10.2 Å². The van der Waals surface area contributed by atoms with Gasteiger partial charge in [-0.1, -0.05) is 102 Å². The number of carbonyl (C=O) groups excluding carboxylic acids is 2. The summed E-state index contributed by atoms with van der Waals surface area (Å²) in [5.74, 6) is -0.788. The van der Waals surface area contributed by atoms with Gasteiger partial charge in [-0.25, -0.2) is 8.42 Å². The van der Waals surface area contributed by atoms with E-state index in [4.69, 9.17) is 0 Å². The number of hydrogen-bond acceptors (Lipinski definition) is 4. The second kappa shape index (κ2) is 15.0. The van der Waals surface area contributed by atoms with Gasteiger partial charge in [0.05, 0.1) is 10.6 Å². The Hall–Kier alpha value is -3.95. The third-order valence-corrected chi connectivity index (χ3v) is 9.44. The fourth-order valence-electron chi connectivity index (χ4n) is 4.92. The zero-order valence-electron chi connectivity index (χ0n) is 24.3. The maximum absolute atomic E-state index is 14.4. The molecule has 4 aromatic carbocycles. The van der Waals surface area contributed by atoms with E-state index in [2.05, 4.69) is 21.2 Å². The van der Waals surface area contributed by atoms with Gasteiger partial charge in [0.2, 0.25) is 11.8 Å². The summed E-state index contributed by atoms with van der Waals surface area (Å²) in [4.78, 5) is 29.6. The number of carbonyl (C=O) groups is 2. The Balaban J connectivity index is 1.81. The van der Waals surface area contributed by atoms with Gasteiger partial charge in [0.25, 0.3) is 10.0 Å². The van der Waals surface area contributed by atoms with Crippen LogP contribution < -0.4 is 9.62 Å². The highest BCUT2D eigenvalue weighted by Crippen LogP contribution is 2.28. The van der Waals surface area contributed by atoms with Crippen molar-refractivity contribution in [3.05, 3.63) is 130 Å². The smallest absolute Gasteiger partial charge is 0.264 e. The van der Waals surface area contributed by atoms with Crippen molar-refractivity contribution in [3.8, 4) is 0 Å². The van der Waals surface area contributed by atoms with Gasteiger partial charge in [-0.05, 0) is 60.4 Å². The van der Waals surface area contributed by atoms with Gasteiger partial charge in [-0.3, -0.25) is 13.9 Å². The van der Waals surface area contributed by atoms with Crippen LogP contribution in [0.5, 0.6) is 0 Å². The Morgan fingerprint density at radius 3 is 2.02 bits per heavy atom. The van der Waals surface area contributed by atoms with E-state index in [0.29, 0.717) is 18.7 Å². The Morgan fingerprint density at radius 2 is 1.40 bits per heavy atom. The number of hydrogen-bond donors (Lipinski definition) is 1. The molecular weight excluding hydrogens is 626 g/mol. The molecule has 0 heterocycles. The third kappa shape index (κ3) is 8.12. The summed E-state index contributed by atoms with van der Waals surface area (Å²) in [6, 6.07) is 31.4. The highest BCUT2D eigenvalue weighted by Gasteiger charge is 2.35. The Bertz CT molecular complexity index is 1610. The molecule has 0 spiro atoms. The number of sulfonamides is 1. The van der Waals surface area contributed by atoms with E-state index < -0.39 is 28.5 Å². The molecular formula is C34H36BrN3O4S. The van der Waals surface area contributed by atoms with Crippen molar-refractivity contribution in [1.29, 1.82) is 0 Å². The first kappa shape index (κ1) is 32.0. The second-order valence-corrected chi connectivity index (χ2v) is 12.8. The van der Waals surface area contributed by atoms with Crippen molar-refractivity contribution < 1.29 is 18.0 Å². The van der Waals surface area contributed by atoms with Crippen molar-refractivity contribution >= 4 is 43.5 Å². The fraction of sp³-hybridized carbons (Fsp3) is 0.235. The number of rotatable bonds is 13. The van der Waals surface area contributed by atoms with Gasteiger partial charge in [-0.15, -0.1) is 0 Å². The van der Waals surface area contributed by atoms with Crippen molar-refractivity contribution in [1.82, 2.24) is 10.2 Å². The monoisotopic (exact) mass is 661 g/mol.